The molecule has 0 aromatic heterocycles. The molecule has 126 valence electrons. The maximum Gasteiger partial charge on any atom is 0.270 e. The smallest absolute Gasteiger partial charge is 0.270 e. The molecular weight excluding hydrogens is 298 g/mol. The first-order chi connectivity index (χ1) is 11.1. The second-order valence-corrected chi connectivity index (χ2v) is 5.86. The van der Waals surface area contributed by atoms with Crippen LogP contribution in [0, 0.1) is 16.0 Å². The van der Waals surface area contributed by atoms with Gasteiger partial charge in [0.15, 0.2) is 0 Å². The number of nitro benzene ring substituents is 1. The lowest BCUT2D eigenvalue weighted by Gasteiger charge is -2.30. The zero-order chi connectivity index (χ0) is 16.8. The van der Waals surface area contributed by atoms with E-state index in [-0.39, 0.29) is 23.2 Å². The Kier molecular flexibility index (Phi) is 5.92. The highest BCUT2D eigenvalue weighted by atomic mass is 16.6. The monoisotopic (exact) mass is 321 g/mol. The van der Waals surface area contributed by atoms with Crippen LogP contribution in [0.25, 0.3) is 0 Å². The summed E-state index contributed by atoms with van der Waals surface area (Å²) in [6.45, 7) is 0.355. The number of nitrogens with zero attached hydrogens (tertiary/aromatic N) is 1. The van der Waals surface area contributed by atoms with Gasteiger partial charge in [-0.3, -0.25) is 14.9 Å². The number of rotatable bonds is 6. The van der Waals surface area contributed by atoms with Crippen molar-refractivity contribution in [1.82, 2.24) is 5.32 Å². The highest BCUT2D eigenvalue weighted by Gasteiger charge is 2.26. The van der Waals surface area contributed by atoms with E-state index in [0.717, 1.165) is 25.7 Å². The number of non-ortho nitro benzene ring substituents is 1. The van der Waals surface area contributed by atoms with E-state index in [1.165, 1.54) is 31.7 Å². The number of amides is 1. The molecule has 1 aliphatic rings. The predicted molar refractivity (Wildman–Crippen MR) is 86.5 cm³/mol. The molecule has 0 spiro atoms. The number of nitrogens with two attached hydrogens (primary N) is 1. The van der Waals surface area contributed by atoms with E-state index in [9.17, 15) is 14.9 Å². The van der Waals surface area contributed by atoms with Crippen LogP contribution in [0.3, 0.4) is 0 Å². The Morgan fingerprint density at radius 1 is 1.43 bits per heavy atom. The van der Waals surface area contributed by atoms with E-state index in [2.05, 4.69) is 5.32 Å². The summed E-state index contributed by atoms with van der Waals surface area (Å²) in [4.78, 5) is 22.9. The van der Waals surface area contributed by atoms with Crippen LogP contribution in [0.15, 0.2) is 18.2 Å². The van der Waals surface area contributed by atoms with Crippen molar-refractivity contribution in [2.75, 3.05) is 13.7 Å². The second-order valence-electron chi connectivity index (χ2n) is 5.86. The summed E-state index contributed by atoms with van der Waals surface area (Å²) in [6, 6.07) is 3.87. The fourth-order valence-corrected chi connectivity index (χ4v) is 3.14. The maximum absolute atomic E-state index is 12.5. The Morgan fingerprint density at radius 2 is 2.13 bits per heavy atom. The molecule has 7 nitrogen and oxygen atoms in total. The molecule has 2 rings (SSSR count). The summed E-state index contributed by atoms with van der Waals surface area (Å²) in [6.07, 6.45) is 5.62. The quantitative estimate of drug-likeness (QED) is 0.617. The summed E-state index contributed by atoms with van der Waals surface area (Å²) in [5.41, 5.74) is 5.85. The zero-order valence-electron chi connectivity index (χ0n) is 13.3. The maximum atomic E-state index is 12.5. The molecule has 1 amide bonds. The van der Waals surface area contributed by atoms with Crippen molar-refractivity contribution in [3.63, 3.8) is 0 Å². The van der Waals surface area contributed by atoms with E-state index in [1.807, 2.05) is 0 Å². The first-order valence-corrected chi connectivity index (χ1v) is 7.90. The van der Waals surface area contributed by atoms with E-state index in [0.29, 0.717) is 18.2 Å². The lowest BCUT2D eigenvalue weighted by Crippen LogP contribution is -2.46. The van der Waals surface area contributed by atoms with E-state index < -0.39 is 4.92 Å². The minimum Gasteiger partial charge on any atom is -0.496 e. The normalized spacial score (nSPS) is 16.6. The van der Waals surface area contributed by atoms with Gasteiger partial charge in [0.05, 0.1) is 17.6 Å². The SMILES string of the molecule is COc1ccc([N+](=O)[O-])cc1C(=O)NC(CN)C1CCCCC1. The number of carbonyl (C=O) groups excluding carboxylic acids is 1. The van der Waals surface area contributed by atoms with Gasteiger partial charge in [0.1, 0.15) is 5.75 Å². The number of nitro groups is 1. The van der Waals surface area contributed by atoms with Crippen LogP contribution < -0.4 is 15.8 Å². The summed E-state index contributed by atoms with van der Waals surface area (Å²) in [5, 5.41) is 13.8. The number of carbonyl (C=O) groups is 1. The van der Waals surface area contributed by atoms with Crippen LogP contribution in [0.1, 0.15) is 42.5 Å². The fraction of sp³-hybridized carbons (Fsp3) is 0.562. The number of benzene rings is 1. The molecule has 1 saturated carbocycles. The van der Waals surface area contributed by atoms with Gasteiger partial charge < -0.3 is 15.8 Å². The second kappa shape index (κ2) is 7.92. The number of hydrogen-bond donors (Lipinski definition) is 2. The van der Waals surface area contributed by atoms with Crippen molar-refractivity contribution in [2.45, 2.75) is 38.1 Å². The third kappa shape index (κ3) is 4.19. The van der Waals surface area contributed by atoms with Gasteiger partial charge in [-0.05, 0) is 24.8 Å². The summed E-state index contributed by atoms with van der Waals surface area (Å²) in [5.74, 6) is 0.293. The van der Waals surface area contributed by atoms with Crippen molar-refractivity contribution in [1.29, 1.82) is 0 Å². The molecule has 0 aliphatic heterocycles. The average molecular weight is 321 g/mol. The minimum atomic E-state index is -0.530. The first kappa shape index (κ1) is 17.2. The van der Waals surface area contributed by atoms with Gasteiger partial charge in [0.2, 0.25) is 0 Å². The molecule has 0 bridgehead atoms. The fourth-order valence-electron chi connectivity index (χ4n) is 3.14. The first-order valence-electron chi connectivity index (χ1n) is 7.90. The van der Waals surface area contributed by atoms with Gasteiger partial charge in [0, 0.05) is 24.7 Å². The van der Waals surface area contributed by atoms with Crippen LogP contribution in [0.2, 0.25) is 0 Å². The highest BCUT2D eigenvalue weighted by molar-refractivity contribution is 5.97. The van der Waals surface area contributed by atoms with Crippen molar-refractivity contribution >= 4 is 11.6 Å². The van der Waals surface area contributed by atoms with Crippen molar-refractivity contribution in [2.24, 2.45) is 11.7 Å². The molecule has 1 unspecified atom stereocenters. The molecule has 7 heteroatoms. The summed E-state index contributed by atoms with van der Waals surface area (Å²) < 4.78 is 5.15. The van der Waals surface area contributed by atoms with Crippen LogP contribution in [-0.2, 0) is 0 Å². The standard InChI is InChI=1S/C16H23N3O4/c1-23-15-8-7-12(19(21)22)9-13(15)16(20)18-14(10-17)11-5-3-2-4-6-11/h7-9,11,14H,2-6,10,17H2,1H3,(H,18,20). The topological polar surface area (TPSA) is 107 Å². The Bertz CT molecular complexity index is 570. The van der Waals surface area contributed by atoms with Gasteiger partial charge >= 0.3 is 0 Å². The van der Waals surface area contributed by atoms with Crippen LogP contribution in [-0.4, -0.2) is 30.5 Å². The third-order valence-corrected chi connectivity index (χ3v) is 4.43. The van der Waals surface area contributed by atoms with Crippen molar-refractivity contribution < 1.29 is 14.5 Å². The van der Waals surface area contributed by atoms with Crippen molar-refractivity contribution in [3.05, 3.63) is 33.9 Å². The van der Waals surface area contributed by atoms with Gasteiger partial charge in [0.25, 0.3) is 11.6 Å². The minimum absolute atomic E-state index is 0.119. The number of nitrogens with one attached hydrogen (secondary N) is 1. The summed E-state index contributed by atoms with van der Waals surface area (Å²) >= 11 is 0. The lowest BCUT2D eigenvalue weighted by molar-refractivity contribution is -0.384. The molecule has 1 aliphatic carbocycles. The molecule has 0 radical (unpaired) electrons. The molecule has 0 saturated heterocycles. The van der Waals surface area contributed by atoms with Crippen LogP contribution in [0.4, 0.5) is 5.69 Å². The Labute approximate surface area is 135 Å². The van der Waals surface area contributed by atoms with Crippen LogP contribution in [0.5, 0.6) is 5.75 Å². The third-order valence-electron chi connectivity index (χ3n) is 4.43. The molecule has 1 atom stereocenters. The van der Waals surface area contributed by atoms with Gasteiger partial charge in [-0.15, -0.1) is 0 Å². The number of methoxy groups -OCH3 is 1. The number of hydrogen-bond acceptors (Lipinski definition) is 5. The Balaban J connectivity index is 2.17. The highest BCUT2D eigenvalue weighted by Crippen LogP contribution is 2.28. The van der Waals surface area contributed by atoms with Gasteiger partial charge in [-0.2, -0.15) is 0 Å². The van der Waals surface area contributed by atoms with E-state index >= 15 is 0 Å². The van der Waals surface area contributed by atoms with E-state index in [4.69, 9.17) is 10.5 Å². The van der Waals surface area contributed by atoms with Crippen LogP contribution >= 0.6 is 0 Å². The lowest BCUT2D eigenvalue weighted by atomic mass is 9.84. The molecule has 0 heterocycles. The molecule has 23 heavy (non-hydrogen) atoms. The summed E-state index contributed by atoms with van der Waals surface area (Å²) in [7, 11) is 1.43. The molecular formula is C16H23N3O4. The Morgan fingerprint density at radius 3 is 2.70 bits per heavy atom. The zero-order valence-corrected chi connectivity index (χ0v) is 13.3. The average Bonchev–Trinajstić information content (AvgIpc) is 2.59. The predicted octanol–water partition coefficient (Wildman–Crippen LogP) is 2.24. The molecule has 1 aromatic rings. The van der Waals surface area contributed by atoms with E-state index in [1.54, 1.807) is 0 Å². The molecule has 3 N–H and O–H groups in total. The van der Waals surface area contributed by atoms with Gasteiger partial charge in [-0.1, -0.05) is 19.3 Å². The Hall–Kier alpha value is -2.15. The molecule has 1 fully saturated rings. The molecule has 1 aromatic carbocycles. The largest absolute Gasteiger partial charge is 0.496 e. The number of ether oxygens (including phenoxy) is 1. The van der Waals surface area contributed by atoms with Gasteiger partial charge in [-0.25, -0.2) is 0 Å². The van der Waals surface area contributed by atoms with Crippen molar-refractivity contribution in [3.8, 4) is 5.75 Å².